The number of ether oxygens (including phenoxy) is 4. The maximum atomic E-state index is 13.1. The molecule has 2 aromatic heterocycles. The number of alkyl halides is 3. The van der Waals surface area contributed by atoms with Gasteiger partial charge in [0.2, 0.25) is 0 Å². The summed E-state index contributed by atoms with van der Waals surface area (Å²) >= 11 is 1.53. The van der Waals surface area contributed by atoms with Crippen LogP contribution in [0.3, 0.4) is 0 Å². The van der Waals surface area contributed by atoms with Crippen LogP contribution in [0, 0.1) is 0 Å². The van der Waals surface area contributed by atoms with Crippen molar-refractivity contribution < 1.29 is 41.4 Å². The van der Waals surface area contributed by atoms with Crippen LogP contribution in [-0.4, -0.2) is 54.9 Å². The van der Waals surface area contributed by atoms with Gasteiger partial charge in [-0.1, -0.05) is 28.6 Å². The largest absolute Gasteiger partial charge is 0.573 e. The van der Waals surface area contributed by atoms with E-state index in [1.807, 2.05) is 0 Å². The van der Waals surface area contributed by atoms with E-state index in [1.165, 1.54) is 30.6 Å². The summed E-state index contributed by atoms with van der Waals surface area (Å²) in [6, 6.07) is 9.84. The Kier molecular flexibility index (Phi) is 7.40. The zero-order valence-electron chi connectivity index (χ0n) is 24.1. The number of nitrogens with zero attached hydrogens (tertiary/aromatic N) is 3. The SMILES string of the molecule is COC(=O)c1cc(OC)c2nc(N3C4CC[C@H]3CC(OCc3c(-c5ccccc5OC(F)(F)F)noc3C3CC3)C4)sc2c1. The first kappa shape index (κ1) is 28.9. The molecule has 4 heterocycles. The van der Waals surface area contributed by atoms with Crippen LogP contribution in [0.2, 0.25) is 0 Å². The summed E-state index contributed by atoms with van der Waals surface area (Å²) in [6.45, 7) is 0.184. The van der Waals surface area contributed by atoms with E-state index in [1.54, 1.807) is 31.4 Å². The molecule has 2 aliphatic heterocycles. The van der Waals surface area contributed by atoms with E-state index >= 15 is 0 Å². The molecule has 13 heteroatoms. The van der Waals surface area contributed by atoms with Crippen molar-refractivity contribution >= 4 is 32.7 Å². The molecule has 3 aliphatic rings. The number of piperidine rings is 1. The third-order valence-corrected chi connectivity index (χ3v) is 9.61. The van der Waals surface area contributed by atoms with Gasteiger partial charge in [-0.15, -0.1) is 13.2 Å². The normalized spacial score (nSPS) is 21.6. The van der Waals surface area contributed by atoms with Gasteiger partial charge in [0.05, 0.1) is 37.2 Å². The number of esters is 1. The minimum Gasteiger partial charge on any atom is -0.494 e. The molecule has 7 rings (SSSR count). The molecule has 4 aromatic rings. The van der Waals surface area contributed by atoms with Crippen molar-refractivity contribution in [2.75, 3.05) is 19.1 Å². The van der Waals surface area contributed by atoms with Crippen molar-refractivity contribution in [3.05, 3.63) is 53.3 Å². The zero-order chi connectivity index (χ0) is 30.6. The standard InChI is InChI=1S/C31H30F3N3O6S/c1-39-24-11-17(29(38)40-2)12-25-27(24)35-30(44-25)37-18-9-10-19(37)14-20(13-18)41-15-22-26(36-43-28(22)16-7-8-16)21-5-3-4-6-23(21)42-31(32,33)34/h3-6,11-12,16,18-20H,7-10,13-15H2,1-2H3/t18-,19?,20?/m0/s1. The number of aromatic nitrogens is 2. The third-order valence-electron chi connectivity index (χ3n) is 8.60. The lowest BCUT2D eigenvalue weighted by atomic mass is 10.00. The first-order valence-electron chi connectivity index (χ1n) is 14.5. The summed E-state index contributed by atoms with van der Waals surface area (Å²) in [7, 11) is 2.90. The number of hydrogen-bond acceptors (Lipinski definition) is 10. The number of methoxy groups -OCH3 is 2. The molecule has 0 amide bonds. The molecule has 2 aromatic carbocycles. The highest BCUT2D eigenvalue weighted by molar-refractivity contribution is 7.22. The van der Waals surface area contributed by atoms with Crippen LogP contribution in [0.1, 0.15) is 66.1 Å². The van der Waals surface area contributed by atoms with E-state index in [9.17, 15) is 18.0 Å². The molecule has 44 heavy (non-hydrogen) atoms. The molecule has 9 nitrogen and oxygen atoms in total. The third kappa shape index (κ3) is 5.47. The highest BCUT2D eigenvalue weighted by atomic mass is 32.1. The lowest BCUT2D eigenvalue weighted by Gasteiger charge is -2.38. The number of rotatable bonds is 9. The van der Waals surface area contributed by atoms with Crippen molar-refractivity contribution in [1.29, 1.82) is 0 Å². The second kappa shape index (κ2) is 11.3. The number of fused-ring (bicyclic) bond motifs is 3. The first-order chi connectivity index (χ1) is 21.2. The molecular formula is C31H30F3N3O6S. The van der Waals surface area contributed by atoms with Crippen LogP contribution in [0.25, 0.3) is 21.5 Å². The van der Waals surface area contributed by atoms with Crippen molar-refractivity contribution in [1.82, 2.24) is 10.1 Å². The first-order valence-corrected chi connectivity index (χ1v) is 15.3. The second-order valence-electron chi connectivity index (χ2n) is 11.4. The fourth-order valence-electron chi connectivity index (χ4n) is 6.48. The van der Waals surface area contributed by atoms with Gasteiger partial charge in [0.1, 0.15) is 28.5 Å². The zero-order valence-corrected chi connectivity index (χ0v) is 24.9. The van der Waals surface area contributed by atoms with E-state index in [2.05, 4.69) is 14.8 Å². The molecule has 2 unspecified atom stereocenters. The molecule has 1 saturated carbocycles. The lowest BCUT2D eigenvalue weighted by Crippen LogP contribution is -2.45. The average molecular weight is 630 g/mol. The van der Waals surface area contributed by atoms with E-state index < -0.39 is 12.3 Å². The Morgan fingerprint density at radius 2 is 1.82 bits per heavy atom. The van der Waals surface area contributed by atoms with Gasteiger partial charge in [-0.2, -0.15) is 0 Å². The second-order valence-corrected chi connectivity index (χ2v) is 12.4. The Balaban J connectivity index is 1.10. The molecular weight excluding hydrogens is 599 g/mol. The molecule has 0 spiro atoms. The number of para-hydroxylation sites is 1. The monoisotopic (exact) mass is 629 g/mol. The van der Waals surface area contributed by atoms with Gasteiger partial charge in [0.15, 0.2) is 5.13 Å². The van der Waals surface area contributed by atoms with Gasteiger partial charge in [-0.3, -0.25) is 0 Å². The van der Waals surface area contributed by atoms with Gasteiger partial charge >= 0.3 is 12.3 Å². The van der Waals surface area contributed by atoms with E-state index in [0.29, 0.717) is 33.8 Å². The quantitative estimate of drug-likeness (QED) is 0.178. The lowest BCUT2D eigenvalue weighted by molar-refractivity contribution is -0.274. The Hall–Kier alpha value is -3.84. The molecule has 3 atom stereocenters. The summed E-state index contributed by atoms with van der Waals surface area (Å²) in [5.74, 6) is 0.634. The van der Waals surface area contributed by atoms with Crippen LogP contribution in [0.15, 0.2) is 40.9 Å². The highest BCUT2D eigenvalue weighted by Gasteiger charge is 2.43. The van der Waals surface area contributed by atoms with Crippen molar-refractivity contribution in [3.63, 3.8) is 0 Å². The molecule has 1 aliphatic carbocycles. The molecule has 3 fully saturated rings. The molecule has 0 N–H and O–H groups in total. The van der Waals surface area contributed by atoms with E-state index in [-0.39, 0.29) is 42.0 Å². The van der Waals surface area contributed by atoms with Crippen LogP contribution in [0.4, 0.5) is 18.3 Å². The van der Waals surface area contributed by atoms with Crippen LogP contribution in [0.5, 0.6) is 11.5 Å². The predicted octanol–water partition coefficient (Wildman–Crippen LogP) is 7.24. The Morgan fingerprint density at radius 1 is 1.07 bits per heavy atom. The topological polar surface area (TPSA) is 96.2 Å². The summed E-state index contributed by atoms with van der Waals surface area (Å²) in [5, 5.41) is 5.08. The number of carbonyl (C=O) groups excluding carboxylic acids is 1. The predicted molar refractivity (Wildman–Crippen MR) is 155 cm³/mol. The van der Waals surface area contributed by atoms with Gasteiger partial charge in [0, 0.05) is 29.1 Å². The van der Waals surface area contributed by atoms with Crippen LogP contribution >= 0.6 is 11.3 Å². The van der Waals surface area contributed by atoms with Crippen molar-refractivity contribution in [2.24, 2.45) is 0 Å². The Labute approximate surface area is 254 Å². The number of hydrogen-bond donors (Lipinski definition) is 0. The summed E-state index contributed by atoms with van der Waals surface area (Å²) < 4.78 is 67.2. The van der Waals surface area contributed by atoms with Crippen LogP contribution in [-0.2, 0) is 16.1 Å². The summed E-state index contributed by atoms with van der Waals surface area (Å²) in [5.41, 5.74) is 2.34. The number of thiazole rings is 1. The van der Waals surface area contributed by atoms with Gasteiger partial charge in [-0.05, 0) is 62.8 Å². The average Bonchev–Trinajstić information content (AvgIpc) is 3.52. The van der Waals surface area contributed by atoms with Crippen molar-refractivity contribution in [2.45, 2.75) is 75.6 Å². The maximum absolute atomic E-state index is 13.1. The number of halogens is 3. The van der Waals surface area contributed by atoms with Gasteiger partial charge < -0.3 is 28.4 Å². The number of carbonyl (C=O) groups is 1. The molecule has 2 saturated heterocycles. The Bertz CT molecular complexity index is 1690. The number of benzene rings is 2. The number of anilines is 1. The molecule has 0 radical (unpaired) electrons. The highest BCUT2D eigenvalue weighted by Crippen LogP contribution is 2.47. The maximum Gasteiger partial charge on any atom is 0.573 e. The summed E-state index contributed by atoms with van der Waals surface area (Å²) in [6.07, 6.45) is 0.570. The van der Waals surface area contributed by atoms with Gasteiger partial charge in [-0.25, -0.2) is 9.78 Å². The fraction of sp³-hybridized carbons (Fsp3) is 0.452. The van der Waals surface area contributed by atoms with E-state index in [4.69, 9.17) is 23.7 Å². The minimum atomic E-state index is -4.83. The molecule has 232 valence electrons. The fourth-order valence-corrected chi connectivity index (χ4v) is 7.65. The van der Waals surface area contributed by atoms with Crippen LogP contribution < -0.4 is 14.4 Å². The van der Waals surface area contributed by atoms with E-state index in [0.717, 1.165) is 48.4 Å². The minimum absolute atomic E-state index is 0.0462. The Morgan fingerprint density at radius 3 is 2.50 bits per heavy atom. The molecule has 2 bridgehead atoms. The van der Waals surface area contributed by atoms with Gasteiger partial charge in [0.25, 0.3) is 0 Å². The summed E-state index contributed by atoms with van der Waals surface area (Å²) in [4.78, 5) is 19.5. The van der Waals surface area contributed by atoms with Crippen molar-refractivity contribution in [3.8, 4) is 22.8 Å². The smallest absolute Gasteiger partial charge is 0.494 e.